The summed E-state index contributed by atoms with van der Waals surface area (Å²) >= 11 is 0. The van der Waals surface area contributed by atoms with E-state index in [0.717, 1.165) is 38.9 Å². The van der Waals surface area contributed by atoms with Crippen molar-refractivity contribution in [2.24, 2.45) is 5.73 Å². The number of nitrogens with zero attached hydrogens (tertiary/aromatic N) is 1. The first-order valence-corrected chi connectivity index (χ1v) is 7.03. The van der Waals surface area contributed by atoms with Gasteiger partial charge < -0.3 is 16.0 Å². The Morgan fingerprint density at radius 3 is 2.38 bits per heavy atom. The van der Waals surface area contributed by atoms with Gasteiger partial charge in [-0.25, -0.2) is 0 Å². The predicted octanol–water partition coefficient (Wildman–Crippen LogP) is 1.61. The number of hydrogen-bond donors (Lipinski definition) is 2. The maximum Gasteiger partial charge on any atom is 0.233 e. The fourth-order valence-electron chi connectivity index (χ4n) is 2.52. The van der Waals surface area contributed by atoms with Crippen LogP contribution in [0.3, 0.4) is 0 Å². The molecule has 0 radical (unpaired) electrons. The van der Waals surface area contributed by atoms with Crippen LogP contribution in [0.1, 0.15) is 18.4 Å². The maximum absolute atomic E-state index is 11.2. The molecule has 1 aromatic carbocycles. The molecule has 0 atom stereocenters. The molecule has 6 heteroatoms. The number of carbonyl (C=O) groups excluding carboxylic acids is 1. The van der Waals surface area contributed by atoms with Crippen molar-refractivity contribution in [2.75, 3.05) is 26.2 Å². The molecule has 1 aromatic rings. The van der Waals surface area contributed by atoms with Gasteiger partial charge in [0.25, 0.3) is 0 Å². The number of nitrogens with one attached hydrogen (secondary N) is 1. The van der Waals surface area contributed by atoms with E-state index in [4.69, 9.17) is 5.73 Å². The number of hydrogen-bond acceptors (Lipinski definition) is 3. The molecule has 4 nitrogen and oxygen atoms in total. The molecular formula is C15H25Cl2N3O. The van der Waals surface area contributed by atoms with Crippen molar-refractivity contribution < 1.29 is 4.79 Å². The Balaban J connectivity index is 0.00000200. The normalized spacial score (nSPS) is 15.7. The molecule has 1 amide bonds. The summed E-state index contributed by atoms with van der Waals surface area (Å²) in [6.07, 6.45) is 3.15. The van der Waals surface area contributed by atoms with Gasteiger partial charge in [0.2, 0.25) is 5.91 Å². The number of benzene rings is 1. The largest absolute Gasteiger partial charge is 0.352 e. The molecule has 1 fully saturated rings. The lowest BCUT2D eigenvalue weighted by molar-refractivity contribution is -0.120. The van der Waals surface area contributed by atoms with Crippen LogP contribution in [0, 0.1) is 0 Å². The minimum atomic E-state index is -0.0391. The molecule has 1 heterocycles. The third-order valence-corrected chi connectivity index (χ3v) is 3.70. The third-order valence-electron chi connectivity index (χ3n) is 3.70. The third kappa shape index (κ3) is 7.14. The SMILES string of the molecule is Cl.Cl.NCC(=O)NC1CCN(CCc2ccccc2)CC1. The summed E-state index contributed by atoms with van der Waals surface area (Å²) in [4.78, 5) is 13.7. The van der Waals surface area contributed by atoms with Crippen molar-refractivity contribution in [1.29, 1.82) is 0 Å². The van der Waals surface area contributed by atoms with Gasteiger partial charge in [0, 0.05) is 25.7 Å². The van der Waals surface area contributed by atoms with Crippen molar-refractivity contribution in [3.8, 4) is 0 Å². The lowest BCUT2D eigenvalue weighted by Crippen LogP contribution is -2.46. The Bertz CT molecular complexity index is 395. The zero-order chi connectivity index (χ0) is 13.5. The second-order valence-corrected chi connectivity index (χ2v) is 5.12. The number of carbonyl (C=O) groups is 1. The summed E-state index contributed by atoms with van der Waals surface area (Å²) < 4.78 is 0. The molecule has 3 N–H and O–H groups in total. The lowest BCUT2D eigenvalue weighted by atomic mass is 10.0. The van der Waals surface area contributed by atoms with Gasteiger partial charge in [0.15, 0.2) is 0 Å². The monoisotopic (exact) mass is 333 g/mol. The lowest BCUT2D eigenvalue weighted by Gasteiger charge is -2.32. The van der Waals surface area contributed by atoms with Crippen LogP contribution < -0.4 is 11.1 Å². The molecule has 1 aliphatic heterocycles. The first-order valence-electron chi connectivity index (χ1n) is 7.03. The number of piperidine rings is 1. The first kappa shape index (κ1) is 20.2. The summed E-state index contributed by atoms with van der Waals surface area (Å²) in [6, 6.07) is 10.9. The van der Waals surface area contributed by atoms with Crippen LogP contribution in [0.5, 0.6) is 0 Å². The fraction of sp³-hybridized carbons (Fsp3) is 0.533. The highest BCUT2D eigenvalue weighted by Gasteiger charge is 2.19. The van der Waals surface area contributed by atoms with Gasteiger partial charge in [-0.2, -0.15) is 0 Å². The summed E-state index contributed by atoms with van der Waals surface area (Å²) in [5.74, 6) is -0.0391. The Kier molecular flexibility index (Phi) is 10.4. The van der Waals surface area contributed by atoms with Gasteiger partial charge in [-0.15, -0.1) is 24.8 Å². The zero-order valence-corrected chi connectivity index (χ0v) is 13.8. The topological polar surface area (TPSA) is 58.4 Å². The van der Waals surface area contributed by atoms with Crippen LogP contribution in [0.4, 0.5) is 0 Å². The molecule has 2 rings (SSSR count). The molecule has 0 aromatic heterocycles. The Labute approximate surface area is 139 Å². The van der Waals surface area contributed by atoms with E-state index in [9.17, 15) is 4.79 Å². The molecule has 1 aliphatic rings. The summed E-state index contributed by atoms with van der Waals surface area (Å²) in [5, 5.41) is 2.97. The second-order valence-electron chi connectivity index (χ2n) is 5.12. The van der Waals surface area contributed by atoms with Gasteiger partial charge in [-0.05, 0) is 24.8 Å². The summed E-state index contributed by atoms with van der Waals surface area (Å²) in [7, 11) is 0. The second kappa shape index (κ2) is 10.9. The van der Waals surface area contributed by atoms with Crippen LogP contribution in [0.15, 0.2) is 30.3 Å². The van der Waals surface area contributed by atoms with Crippen molar-refractivity contribution in [3.63, 3.8) is 0 Å². The van der Waals surface area contributed by atoms with Gasteiger partial charge in [0.1, 0.15) is 0 Å². The van der Waals surface area contributed by atoms with E-state index < -0.39 is 0 Å². The summed E-state index contributed by atoms with van der Waals surface area (Å²) in [6.45, 7) is 3.31. The minimum absolute atomic E-state index is 0. The predicted molar refractivity (Wildman–Crippen MR) is 91.3 cm³/mol. The van der Waals surface area contributed by atoms with Crippen LogP contribution in [0.25, 0.3) is 0 Å². The first-order chi connectivity index (χ1) is 9.28. The van der Waals surface area contributed by atoms with E-state index in [2.05, 4.69) is 40.5 Å². The number of rotatable bonds is 5. The van der Waals surface area contributed by atoms with Crippen LogP contribution in [-0.4, -0.2) is 43.0 Å². The average molecular weight is 334 g/mol. The summed E-state index contributed by atoms with van der Waals surface area (Å²) in [5.41, 5.74) is 6.70. The average Bonchev–Trinajstić information content (AvgIpc) is 2.47. The molecule has 0 aliphatic carbocycles. The molecule has 120 valence electrons. The Morgan fingerprint density at radius 2 is 1.81 bits per heavy atom. The van der Waals surface area contributed by atoms with Crippen LogP contribution in [0.2, 0.25) is 0 Å². The van der Waals surface area contributed by atoms with Gasteiger partial charge in [0.05, 0.1) is 6.54 Å². The molecule has 0 spiro atoms. The number of amides is 1. The van der Waals surface area contributed by atoms with E-state index in [0.29, 0.717) is 6.04 Å². The number of halogens is 2. The van der Waals surface area contributed by atoms with Crippen LogP contribution in [-0.2, 0) is 11.2 Å². The highest BCUT2D eigenvalue weighted by molar-refractivity contribution is 5.85. The molecule has 0 saturated carbocycles. The van der Waals surface area contributed by atoms with Gasteiger partial charge in [-0.1, -0.05) is 30.3 Å². The smallest absolute Gasteiger partial charge is 0.233 e. The Morgan fingerprint density at radius 1 is 1.19 bits per heavy atom. The van der Waals surface area contributed by atoms with E-state index in [1.807, 2.05) is 0 Å². The van der Waals surface area contributed by atoms with Crippen molar-refractivity contribution in [2.45, 2.75) is 25.3 Å². The van der Waals surface area contributed by atoms with Crippen LogP contribution >= 0.6 is 24.8 Å². The number of likely N-dealkylation sites (tertiary alicyclic amines) is 1. The molecule has 1 saturated heterocycles. The zero-order valence-electron chi connectivity index (χ0n) is 12.2. The molecular weight excluding hydrogens is 309 g/mol. The Hall–Kier alpha value is -0.810. The van der Waals surface area contributed by atoms with E-state index in [-0.39, 0.29) is 37.3 Å². The molecule has 0 bridgehead atoms. The van der Waals surface area contributed by atoms with Gasteiger partial charge >= 0.3 is 0 Å². The number of nitrogens with two attached hydrogens (primary N) is 1. The molecule has 21 heavy (non-hydrogen) atoms. The van der Waals surface area contributed by atoms with Crippen molar-refractivity contribution in [1.82, 2.24) is 10.2 Å². The highest BCUT2D eigenvalue weighted by Crippen LogP contribution is 2.11. The molecule has 0 unspecified atom stereocenters. The standard InChI is InChI=1S/C15H23N3O.2ClH/c16-12-15(19)17-14-7-10-18(11-8-14)9-6-13-4-2-1-3-5-13;;/h1-5,14H,6-12,16H2,(H,17,19);2*1H. The van der Waals surface area contributed by atoms with Crippen molar-refractivity contribution in [3.05, 3.63) is 35.9 Å². The van der Waals surface area contributed by atoms with E-state index >= 15 is 0 Å². The highest BCUT2D eigenvalue weighted by atomic mass is 35.5. The van der Waals surface area contributed by atoms with E-state index in [1.165, 1.54) is 5.56 Å². The minimum Gasteiger partial charge on any atom is -0.352 e. The fourth-order valence-corrected chi connectivity index (χ4v) is 2.52. The maximum atomic E-state index is 11.2. The van der Waals surface area contributed by atoms with Gasteiger partial charge in [-0.3, -0.25) is 4.79 Å². The quantitative estimate of drug-likeness (QED) is 0.860. The van der Waals surface area contributed by atoms with Crippen molar-refractivity contribution >= 4 is 30.7 Å². The van der Waals surface area contributed by atoms with E-state index in [1.54, 1.807) is 0 Å².